The minimum atomic E-state index is -0.172. The SMILES string of the molecule is Fc1ccc(CCC2=N[CH]CS2)cc1. The van der Waals surface area contributed by atoms with E-state index < -0.39 is 0 Å². The van der Waals surface area contributed by atoms with Gasteiger partial charge in [0.25, 0.3) is 0 Å². The molecule has 1 aliphatic rings. The molecule has 0 bridgehead atoms. The molecule has 14 heavy (non-hydrogen) atoms. The van der Waals surface area contributed by atoms with Crippen LogP contribution in [0.3, 0.4) is 0 Å². The summed E-state index contributed by atoms with van der Waals surface area (Å²) in [6, 6.07) is 6.68. The number of hydrogen-bond donors (Lipinski definition) is 0. The van der Waals surface area contributed by atoms with E-state index in [0.29, 0.717) is 0 Å². The Labute approximate surface area is 87.4 Å². The lowest BCUT2D eigenvalue weighted by Crippen LogP contribution is -1.93. The molecule has 0 aromatic heterocycles. The van der Waals surface area contributed by atoms with Gasteiger partial charge in [-0.2, -0.15) is 0 Å². The molecule has 0 unspecified atom stereocenters. The largest absolute Gasteiger partial charge is 0.276 e. The van der Waals surface area contributed by atoms with Gasteiger partial charge in [0.15, 0.2) is 0 Å². The number of halogens is 1. The summed E-state index contributed by atoms with van der Waals surface area (Å²) in [5.41, 5.74) is 1.17. The second-order valence-corrected chi connectivity index (χ2v) is 4.24. The molecule has 1 radical (unpaired) electrons. The molecule has 1 nitrogen and oxygen atoms in total. The van der Waals surface area contributed by atoms with E-state index in [1.165, 1.54) is 22.7 Å². The van der Waals surface area contributed by atoms with Crippen LogP contribution in [0.15, 0.2) is 29.3 Å². The molecule has 0 N–H and O–H groups in total. The number of aliphatic imine (C=N–C) groups is 1. The summed E-state index contributed by atoms with van der Waals surface area (Å²) in [6.07, 6.45) is 1.91. The van der Waals surface area contributed by atoms with Gasteiger partial charge in [-0.15, -0.1) is 11.8 Å². The van der Waals surface area contributed by atoms with Crippen molar-refractivity contribution in [1.29, 1.82) is 0 Å². The van der Waals surface area contributed by atoms with Gasteiger partial charge in [0.2, 0.25) is 0 Å². The van der Waals surface area contributed by atoms with Gasteiger partial charge in [-0.05, 0) is 30.5 Å². The summed E-state index contributed by atoms with van der Waals surface area (Å²) in [4.78, 5) is 4.25. The Hall–Kier alpha value is -0.830. The number of rotatable bonds is 3. The third-order valence-electron chi connectivity index (χ3n) is 2.10. The monoisotopic (exact) mass is 208 g/mol. The Balaban J connectivity index is 1.88. The van der Waals surface area contributed by atoms with Crippen LogP contribution in [-0.4, -0.2) is 10.8 Å². The van der Waals surface area contributed by atoms with Gasteiger partial charge < -0.3 is 0 Å². The summed E-state index contributed by atoms with van der Waals surface area (Å²) in [5.74, 6) is 0.827. The minimum absolute atomic E-state index is 0.172. The maximum atomic E-state index is 12.6. The van der Waals surface area contributed by atoms with Gasteiger partial charge in [0.05, 0.1) is 11.6 Å². The number of thioether (sulfide) groups is 1. The summed E-state index contributed by atoms with van der Waals surface area (Å²) < 4.78 is 12.6. The van der Waals surface area contributed by atoms with Crippen molar-refractivity contribution in [3.8, 4) is 0 Å². The molecule has 2 rings (SSSR count). The summed E-state index contributed by atoms with van der Waals surface area (Å²) in [5, 5.41) is 1.19. The molecule has 1 heterocycles. The van der Waals surface area contributed by atoms with Crippen LogP contribution in [0.2, 0.25) is 0 Å². The third-order valence-corrected chi connectivity index (χ3v) is 3.06. The van der Waals surface area contributed by atoms with Crippen LogP contribution < -0.4 is 0 Å². The predicted octanol–water partition coefficient (Wildman–Crippen LogP) is 3.07. The molecule has 1 aromatic carbocycles. The standard InChI is InChI=1S/C11H11FNS/c12-10-4-1-9(2-5-10)3-6-11-13-7-8-14-11/h1-2,4-5,7H,3,6,8H2. The van der Waals surface area contributed by atoms with Crippen molar-refractivity contribution >= 4 is 16.8 Å². The van der Waals surface area contributed by atoms with Gasteiger partial charge in [-0.1, -0.05) is 12.1 Å². The van der Waals surface area contributed by atoms with E-state index >= 15 is 0 Å². The zero-order chi connectivity index (χ0) is 9.80. The van der Waals surface area contributed by atoms with Crippen LogP contribution >= 0.6 is 11.8 Å². The molecule has 3 heteroatoms. The van der Waals surface area contributed by atoms with Crippen LogP contribution in [0, 0.1) is 12.4 Å². The maximum absolute atomic E-state index is 12.6. The Bertz CT molecular complexity index is 332. The molecule has 1 aromatic rings. The average Bonchev–Trinajstić information content (AvgIpc) is 2.70. The number of benzene rings is 1. The quantitative estimate of drug-likeness (QED) is 0.743. The first-order valence-corrected chi connectivity index (χ1v) is 5.59. The molecule has 0 fully saturated rings. The van der Waals surface area contributed by atoms with Crippen molar-refractivity contribution in [1.82, 2.24) is 0 Å². The second kappa shape index (κ2) is 4.60. The third kappa shape index (κ3) is 2.58. The molecule has 0 aliphatic carbocycles. The molecule has 1 aliphatic heterocycles. The van der Waals surface area contributed by atoms with Gasteiger partial charge >= 0.3 is 0 Å². The van der Waals surface area contributed by atoms with Crippen molar-refractivity contribution in [2.45, 2.75) is 12.8 Å². The van der Waals surface area contributed by atoms with E-state index in [0.717, 1.165) is 18.6 Å². The fraction of sp³-hybridized carbons (Fsp3) is 0.273. The van der Waals surface area contributed by atoms with Gasteiger partial charge in [-0.3, -0.25) is 4.99 Å². The first kappa shape index (κ1) is 9.71. The van der Waals surface area contributed by atoms with E-state index in [2.05, 4.69) is 4.99 Å². The summed E-state index contributed by atoms with van der Waals surface area (Å²) >= 11 is 1.79. The smallest absolute Gasteiger partial charge is 0.123 e. The Morgan fingerprint density at radius 3 is 2.64 bits per heavy atom. The normalized spacial score (nSPS) is 15.6. The fourth-order valence-corrected chi connectivity index (χ4v) is 2.09. The molecular weight excluding hydrogens is 197 g/mol. The average molecular weight is 208 g/mol. The first-order chi connectivity index (χ1) is 6.84. The highest BCUT2D eigenvalue weighted by atomic mass is 32.2. The van der Waals surface area contributed by atoms with E-state index in [1.807, 2.05) is 18.7 Å². The summed E-state index contributed by atoms with van der Waals surface area (Å²) in [6.45, 7) is 1.94. The molecule has 73 valence electrons. The van der Waals surface area contributed by atoms with Gasteiger partial charge in [0, 0.05) is 5.75 Å². The van der Waals surface area contributed by atoms with E-state index in [4.69, 9.17) is 0 Å². The maximum Gasteiger partial charge on any atom is 0.123 e. The topological polar surface area (TPSA) is 12.4 Å². The predicted molar refractivity (Wildman–Crippen MR) is 58.9 cm³/mol. The highest BCUT2D eigenvalue weighted by Crippen LogP contribution is 2.19. The first-order valence-electron chi connectivity index (χ1n) is 4.60. The van der Waals surface area contributed by atoms with Gasteiger partial charge in [0.1, 0.15) is 5.82 Å². The zero-order valence-corrected chi connectivity index (χ0v) is 8.56. The van der Waals surface area contributed by atoms with Gasteiger partial charge in [-0.25, -0.2) is 4.39 Å². The van der Waals surface area contributed by atoms with Crippen LogP contribution in [0.5, 0.6) is 0 Å². The molecule has 0 amide bonds. The van der Waals surface area contributed by atoms with Crippen molar-refractivity contribution in [2.75, 3.05) is 5.75 Å². The van der Waals surface area contributed by atoms with Crippen LogP contribution in [-0.2, 0) is 6.42 Å². The minimum Gasteiger partial charge on any atom is -0.276 e. The lowest BCUT2D eigenvalue weighted by atomic mass is 10.1. The Morgan fingerprint density at radius 1 is 1.21 bits per heavy atom. The molecule has 0 saturated carbocycles. The molecule has 0 saturated heterocycles. The fourth-order valence-electron chi connectivity index (χ4n) is 1.35. The van der Waals surface area contributed by atoms with Crippen molar-refractivity contribution in [3.63, 3.8) is 0 Å². The van der Waals surface area contributed by atoms with Crippen molar-refractivity contribution in [2.24, 2.45) is 4.99 Å². The lowest BCUT2D eigenvalue weighted by Gasteiger charge is -2.00. The lowest BCUT2D eigenvalue weighted by molar-refractivity contribution is 0.627. The summed E-state index contributed by atoms with van der Waals surface area (Å²) in [7, 11) is 0. The van der Waals surface area contributed by atoms with E-state index in [9.17, 15) is 4.39 Å². The number of aryl methyl sites for hydroxylation is 1. The van der Waals surface area contributed by atoms with E-state index in [-0.39, 0.29) is 5.82 Å². The number of nitrogens with zero attached hydrogens (tertiary/aromatic N) is 1. The Morgan fingerprint density at radius 2 is 2.00 bits per heavy atom. The molecule has 0 spiro atoms. The number of hydrogen-bond acceptors (Lipinski definition) is 2. The highest BCUT2D eigenvalue weighted by molar-refractivity contribution is 8.14. The van der Waals surface area contributed by atoms with E-state index in [1.54, 1.807) is 11.8 Å². The second-order valence-electron chi connectivity index (χ2n) is 3.14. The Kier molecular flexibility index (Phi) is 3.19. The molecular formula is C11H11FNS. The van der Waals surface area contributed by atoms with Crippen LogP contribution in [0.25, 0.3) is 0 Å². The van der Waals surface area contributed by atoms with Crippen LogP contribution in [0.1, 0.15) is 12.0 Å². The molecule has 0 atom stereocenters. The van der Waals surface area contributed by atoms with Crippen molar-refractivity contribution < 1.29 is 4.39 Å². The highest BCUT2D eigenvalue weighted by Gasteiger charge is 2.06. The zero-order valence-electron chi connectivity index (χ0n) is 7.74. The van der Waals surface area contributed by atoms with Crippen molar-refractivity contribution in [3.05, 3.63) is 42.2 Å². The van der Waals surface area contributed by atoms with Crippen LogP contribution in [0.4, 0.5) is 4.39 Å².